The minimum absolute atomic E-state index is 0.0647. The van der Waals surface area contributed by atoms with Gasteiger partial charge < -0.3 is 23.8 Å². The summed E-state index contributed by atoms with van der Waals surface area (Å²) in [5.41, 5.74) is -0.507. The first-order valence-electron chi connectivity index (χ1n) is 16.8. The lowest BCUT2D eigenvalue weighted by molar-refractivity contribution is -0.134. The molecule has 3 amide bonds. The van der Waals surface area contributed by atoms with E-state index < -0.39 is 11.5 Å². The van der Waals surface area contributed by atoms with E-state index in [0.29, 0.717) is 26.1 Å². The summed E-state index contributed by atoms with van der Waals surface area (Å²) in [6.07, 6.45) is 28.7. The fourth-order valence-corrected chi connectivity index (χ4v) is 6.61. The summed E-state index contributed by atoms with van der Waals surface area (Å²) >= 11 is 1.74. The summed E-state index contributed by atoms with van der Waals surface area (Å²) in [5, 5.41) is 8.64. The number of amides is 3. The third-order valence-electron chi connectivity index (χ3n) is 6.51. The molecule has 268 valence electrons. The van der Waals surface area contributed by atoms with Crippen molar-refractivity contribution >= 4 is 62.3 Å². The van der Waals surface area contributed by atoms with E-state index >= 15 is 0 Å². The predicted molar refractivity (Wildman–Crippen MR) is 211 cm³/mol. The van der Waals surface area contributed by atoms with E-state index in [2.05, 4.69) is 83.6 Å². The van der Waals surface area contributed by atoms with Gasteiger partial charge in [-0.2, -0.15) is 0 Å². The van der Waals surface area contributed by atoms with Gasteiger partial charge in [0.25, 0.3) is 5.91 Å². The molecule has 0 aliphatic heterocycles. The van der Waals surface area contributed by atoms with Gasteiger partial charge in [0.15, 0.2) is 6.10 Å². The molecule has 0 aliphatic rings. The van der Waals surface area contributed by atoms with Crippen molar-refractivity contribution in [3.8, 4) is 0 Å². The first-order valence-corrected chi connectivity index (χ1v) is 20.2. The molecule has 0 bridgehead atoms. The molecule has 0 unspecified atom stereocenters. The highest BCUT2D eigenvalue weighted by atomic mass is 127. The zero-order valence-electron chi connectivity index (χ0n) is 29.3. The maximum atomic E-state index is 12.6. The lowest BCUT2D eigenvalue weighted by Crippen LogP contribution is -2.47. The average Bonchev–Trinajstić information content (AvgIpc) is 3.03. The number of ether oxygens (including phenoxy) is 1. The third-order valence-corrected chi connectivity index (χ3v) is 9.42. The Morgan fingerprint density at radius 1 is 0.723 bits per heavy atom. The molecule has 0 rings (SSSR count). The highest BCUT2D eigenvalue weighted by Gasteiger charge is 2.36. The topological polar surface area (TPSA) is 106 Å². The summed E-state index contributed by atoms with van der Waals surface area (Å²) in [6.45, 7) is 11.7. The summed E-state index contributed by atoms with van der Waals surface area (Å²) in [4.78, 5) is 36.7. The number of rotatable bonds is 29. The second-order valence-electron chi connectivity index (χ2n) is 11.8. The molecule has 3 N–H and O–H groups in total. The Balaban J connectivity index is 3.73. The second kappa shape index (κ2) is 31.7. The van der Waals surface area contributed by atoms with E-state index in [1.807, 2.05) is 27.7 Å². The SMILES string of the molecule is CC/C=C\C/C=C\C/C=C\C/C=C\C/C=C\CCCC(=O)NCCSSCCNC(=O)CCNC(=O)[C@H](OI)C(C)(C)COC(C)C. The molecule has 0 aromatic rings. The molecule has 0 heterocycles. The summed E-state index contributed by atoms with van der Waals surface area (Å²) in [7, 11) is 3.34. The van der Waals surface area contributed by atoms with Gasteiger partial charge in [-0.15, -0.1) is 0 Å². The van der Waals surface area contributed by atoms with E-state index in [9.17, 15) is 14.4 Å². The lowest BCUT2D eigenvalue weighted by atomic mass is 9.87. The minimum atomic E-state index is -0.683. The second-order valence-corrected chi connectivity index (χ2v) is 15.0. The van der Waals surface area contributed by atoms with Crippen LogP contribution < -0.4 is 16.0 Å². The normalized spacial score (nSPS) is 13.2. The third kappa shape index (κ3) is 29.1. The van der Waals surface area contributed by atoms with Crippen LogP contribution in [0.2, 0.25) is 0 Å². The maximum Gasteiger partial charge on any atom is 0.250 e. The number of halogens is 1. The maximum absolute atomic E-state index is 12.6. The van der Waals surface area contributed by atoms with Crippen molar-refractivity contribution in [1.82, 2.24) is 16.0 Å². The van der Waals surface area contributed by atoms with Crippen LogP contribution in [-0.4, -0.2) is 67.7 Å². The van der Waals surface area contributed by atoms with Gasteiger partial charge in [-0.05, 0) is 58.8 Å². The molecule has 0 saturated carbocycles. The van der Waals surface area contributed by atoms with Gasteiger partial charge in [0.05, 0.1) is 12.7 Å². The van der Waals surface area contributed by atoms with Crippen molar-refractivity contribution in [2.24, 2.45) is 5.41 Å². The van der Waals surface area contributed by atoms with Crippen LogP contribution in [0.15, 0.2) is 60.8 Å². The van der Waals surface area contributed by atoms with Crippen LogP contribution in [0.4, 0.5) is 0 Å². The van der Waals surface area contributed by atoms with Crippen molar-refractivity contribution in [3.63, 3.8) is 0 Å². The molecule has 0 aromatic heterocycles. The van der Waals surface area contributed by atoms with Crippen molar-refractivity contribution in [2.75, 3.05) is 37.7 Å². The van der Waals surface area contributed by atoms with Crippen LogP contribution in [0.1, 0.15) is 92.4 Å². The smallest absolute Gasteiger partial charge is 0.250 e. The monoisotopic (exact) mass is 805 g/mol. The first-order chi connectivity index (χ1) is 22.6. The van der Waals surface area contributed by atoms with Crippen LogP contribution in [0.3, 0.4) is 0 Å². The molecule has 11 heteroatoms. The van der Waals surface area contributed by atoms with Crippen LogP contribution >= 0.6 is 44.6 Å². The minimum Gasteiger partial charge on any atom is -0.378 e. The van der Waals surface area contributed by atoms with Gasteiger partial charge >= 0.3 is 0 Å². The number of hydrogen-bond acceptors (Lipinski definition) is 7. The molecule has 0 aliphatic carbocycles. The van der Waals surface area contributed by atoms with Crippen LogP contribution in [0.25, 0.3) is 0 Å². The molecular formula is C36H60IN3O5S2. The number of hydrogen-bond donors (Lipinski definition) is 3. The molecule has 1 atom stereocenters. The summed E-state index contributed by atoms with van der Waals surface area (Å²) in [6, 6.07) is 0. The molecule has 8 nitrogen and oxygen atoms in total. The Morgan fingerprint density at radius 3 is 1.70 bits per heavy atom. The van der Waals surface area contributed by atoms with Gasteiger partial charge in [-0.3, -0.25) is 14.4 Å². The van der Waals surface area contributed by atoms with Crippen LogP contribution in [0, 0.1) is 5.41 Å². The van der Waals surface area contributed by atoms with E-state index in [-0.39, 0.29) is 36.8 Å². The van der Waals surface area contributed by atoms with Crippen molar-refractivity contribution in [1.29, 1.82) is 0 Å². The molecular weight excluding hydrogens is 745 g/mol. The zero-order valence-corrected chi connectivity index (χ0v) is 33.1. The molecule has 0 spiro atoms. The van der Waals surface area contributed by atoms with E-state index in [4.69, 9.17) is 7.80 Å². The first kappa shape index (κ1) is 45.5. The fraction of sp³-hybridized carbons (Fsp3) is 0.639. The highest BCUT2D eigenvalue weighted by molar-refractivity contribution is 14.1. The van der Waals surface area contributed by atoms with E-state index in [0.717, 1.165) is 56.5 Å². The molecule has 0 aromatic carbocycles. The van der Waals surface area contributed by atoms with Gasteiger partial charge in [0.1, 0.15) is 23.0 Å². The van der Waals surface area contributed by atoms with Gasteiger partial charge in [0.2, 0.25) is 11.8 Å². The van der Waals surface area contributed by atoms with Crippen molar-refractivity contribution < 1.29 is 22.2 Å². The number of unbranched alkanes of at least 4 members (excludes halogenated alkanes) is 1. The predicted octanol–water partition coefficient (Wildman–Crippen LogP) is 8.21. The summed E-state index contributed by atoms with van der Waals surface area (Å²) in [5.74, 6) is 1.30. The fourth-order valence-electron chi connectivity index (χ4n) is 3.87. The average molecular weight is 806 g/mol. The van der Waals surface area contributed by atoms with Gasteiger partial charge in [0, 0.05) is 49.4 Å². The van der Waals surface area contributed by atoms with Gasteiger partial charge in [-0.25, -0.2) is 0 Å². The van der Waals surface area contributed by atoms with Gasteiger partial charge in [-0.1, -0.05) is 103 Å². The van der Waals surface area contributed by atoms with Crippen molar-refractivity contribution in [2.45, 2.75) is 105 Å². The van der Waals surface area contributed by atoms with Crippen LogP contribution in [-0.2, 0) is 22.2 Å². The number of carbonyl (C=O) groups is 3. The molecule has 0 radical (unpaired) electrons. The largest absolute Gasteiger partial charge is 0.378 e. The Labute approximate surface area is 307 Å². The Hall–Kier alpha value is -1.54. The quantitative estimate of drug-likeness (QED) is 0.0303. The van der Waals surface area contributed by atoms with Crippen molar-refractivity contribution in [3.05, 3.63) is 60.8 Å². The summed E-state index contributed by atoms with van der Waals surface area (Å²) < 4.78 is 11.1. The Kier molecular flexibility index (Phi) is 30.7. The Morgan fingerprint density at radius 2 is 1.21 bits per heavy atom. The number of allylic oxidation sites excluding steroid dienone is 10. The highest BCUT2D eigenvalue weighted by Crippen LogP contribution is 2.26. The van der Waals surface area contributed by atoms with Crippen LogP contribution in [0.5, 0.6) is 0 Å². The Bertz CT molecular complexity index is 984. The van der Waals surface area contributed by atoms with E-state index in [1.165, 1.54) is 0 Å². The number of nitrogens with one attached hydrogen (secondary N) is 3. The standard InChI is InChI=1S/C36H60IN3O5S2/c1-6-7-8-9-10-11-12-13-14-15-16-17-18-19-20-21-22-23-32(41)38-26-28-46-47-29-27-39-33(42)24-25-40-35(43)34(45-37)36(4,5)30-44-31(2)3/h7-8,10-11,13-14,16-17,19-20,31,34H,6,9,12,15,18,21-30H2,1-5H3,(H,38,41)(H,39,42)(H,40,43)/b8-7-,11-10-,14-13-,17-16-,20-19-/t34-/m0/s1. The van der Waals surface area contributed by atoms with E-state index in [1.54, 1.807) is 44.6 Å². The molecule has 0 saturated heterocycles. The lowest BCUT2D eigenvalue weighted by Gasteiger charge is -2.31. The zero-order chi connectivity index (χ0) is 35.0. The molecule has 0 fully saturated rings. The molecule has 47 heavy (non-hydrogen) atoms. The number of carbonyl (C=O) groups excluding carboxylic acids is 3.